The topological polar surface area (TPSA) is 4.93 Å². The van der Waals surface area contributed by atoms with Gasteiger partial charge in [-0.1, -0.05) is 155 Å². The normalized spacial score (nSPS) is 14.5. The molecule has 0 amide bonds. The number of benzene rings is 7. The summed E-state index contributed by atoms with van der Waals surface area (Å²) in [6.45, 7) is 0. The lowest BCUT2D eigenvalue weighted by atomic mass is 9.97. The molecule has 208 valence electrons. The largest absolute Gasteiger partial charge is 0.309 e. The molecule has 0 aliphatic carbocycles. The van der Waals surface area contributed by atoms with Crippen LogP contribution in [-0.4, -0.2) is 4.57 Å². The summed E-state index contributed by atoms with van der Waals surface area (Å²) in [4.78, 5) is 0. The first-order chi connectivity index (χ1) is 25.9. The molecule has 0 aliphatic heterocycles. The molecule has 44 heavy (non-hydrogen) atoms. The van der Waals surface area contributed by atoms with Gasteiger partial charge >= 0.3 is 0 Å². The quantitative estimate of drug-likeness (QED) is 0.177. The molecule has 0 aliphatic rings. The molecule has 1 nitrogen and oxygen atoms in total. The summed E-state index contributed by atoms with van der Waals surface area (Å²) in [6.07, 6.45) is 0. The Balaban J connectivity index is 1.42. The third kappa shape index (κ3) is 4.65. The SMILES string of the molecule is [2H]c1c([2H])c([2H])c(-c2ccc(-n3c4ccccc4c4ccc(-c5ccc(-c6ccccc6Br)cc5)cc43)c(-c3c([2H])c([2H])c([2H])c([2H])c3[2H])c2)c([2H])c1[2H]. The molecule has 8 rings (SSSR count). The Hall–Kier alpha value is -5.18. The van der Waals surface area contributed by atoms with Crippen molar-refractivity contribution >= 4 is 37.7 Å². The van der Waals surface area contributed by atoms with Gasteiger partial charge in [0, 0.05) is 20.8 Å². The van der Waals surface area contributed by atoms with Crippen LogP contribution in [0.4, 0.5) is 0 Å². The molecule has 7 aromatic carbocycles. The molecule has 1 heterocycles. The van der Waals surface area contributed by atoms with Crippen LogP contribution >= 0.6 is 15.9 Å². The lowest BCUT2D eigenvalue weighted by Crippen LogP contribution is -1.98. The van der Waals surface area contributed by atoms with Gasteiger partial charge in [0.15, 0.2) is 0 Å². The second-order valence-corrected chi connectivity index (χ2v) is 11.2. The van der Waals surface area contributed by atoms with Gasteiger partial charge in [-0.2, -0.15) is 0 Å². The number of rotatable bonds is 5. The first kappa shape index (κ1) is 17.8. The summed E-state index contributed by atoms with van der Waals surface area (Å²) in [5.74, 6) is 0. The van der Waals surface area contributed by atoms with E-state index in [-0.39, 0.29) is 22.3 Å². The zero-order valence-corrected chi connectivity index (χ0v) is 24.8. The van der Waals surface area contributed by atoms with E-state index in [9.17, 15) is 0 Å². The predicted molar refractivity (Wildman–Crippen MR) is 190 cm³/mol. The number of hydrogen-bond donors (Lipinski definition) is 0. The van der Waals surface area contributed by atoms with Crippen molar-refractivity contribution in [3.63, 3.8) is 0 Å². The maximum absolute atomic E-state index is 8.97. The standard InChI is InChI=1S/C42H28BrN/c43-39-17-9-7-15-35(39)32-21-19-30(20-22-32)34-23-25-37-36-16-8-10-18-40(36)44(42(37)28-34)41-26-24-33(29-11-3-1-4-12-29)27-38(41)31-13-5-2-6-14-31/h1-28H/i1D,2D,3D,4D,5D,6D,11D,12D,13D,14D. The van der Waals surface area contributed by atoms with Crippen molar-refractivity contribution in [1.29, 1.82) is 0 Å². The van der Waals surface area contributed by atoms with Crippen LogP contribution in [0.1, 0.15) is 13.7 Å². The zero-order chi connectivity index (χ0) is 38.2. The number of para-hydroxylation sites is 1. The molecule has 0 unspecified atom stereocenters. The molecule has 0 N–H and O–H groups in total. The fourth-order valence-corrected chi connectivity index (χ4v) is 6.33. The van der Waals surface area contributed by atoms with Gasteiger partial charge in [-0.25, -0.2) is 0 Å². The highest BCUT2D eigenvalue weighted by atomic mass is 79.9. The van der Waals surface area contributed by atoms with Crippen molar-refractivity contribution < 1.29 is 13.7 Å². The minimum atomic E-state index is -0.538. The summed E-state index contributed by atoms with van der Waals surface area (Å²) in [5, 5.41) is 1.87. The summed E-state index contributed by atoms with van der Waals surface area (Å²) in [7, 11) is 0. The molecule has 0 saturated carbocycles. The van der Waals surface area contributed by atoms with E-state index in [1.54, 1.807) is 18.2 Å². The van der Waals surface area contributed by atoms with Gasteiger partial charge in [0.1, 0.15) is 0 Å². The van der Waals surface area contributed by atoms with Gasteiger partial charge in [0.05, 0.1) is 30.4 Å². The van der Waals surface area contributed by atoms with Crippen molar-refractivity contribution in [2.75, 3.05) is 0 Å². The van der Waals surface area contributed by atoms with Crippen molar-refractivity contribution in [2.24, 2.45) is 0 Å². The summed E-state index contributed by atoms with van der Waals surface area (Å²) < 4.78 is 88.3. The van der Waals surface area contributed by atoms with Gasteiger partial charge in [-0.3, -0.25) is 0 Å². The van der Waals surface area contributed by atoms with Crippen LogP contribution in [0.2, 0.25) is 0 Å². The van der Waals surface area contributed by atoms with Crippen LogP contribution < -0.4 is 0 Å². The lowest BCUT2D eigenvalue weighted by Gasteiger charge is -2.16. The molecule has 0 atom stereocenters. The first-order valence-electron chi connectivity index (χ1n) is 19.1. The second kappa shape index (κ2) is 11.1. The first-order valence-corrected chi connectivity index (χ1v) is 14.9. The molecular formula is C42H28BrN. The smallest absolute Gasteiger partial charge is 0.0629 e. The fourth-order valence-electron chi connectivity index (χ4n) is 5.81. The lowest BCUT2D eigenvalue weighted by molar-refractivity contribution is 1.18. The van der Waals surface area contributed by atoms with E-state index in [1.165, 1.54) is 0 Å². The van der Waals surface area contributed by atoms with E-state index in [2.05, 4.69) is 64.5 Å². The van der Waals surface area contributed by atoms with Gasteiger partial charge < -0.3 is 4.57 Å². The van der Waals surface area contributed by atoms with E-state index in [0.29, 0.717) is 5.69 Å². The molecule has 8 aromatic rings. The Kier molecular flexibility index (Phi) is 4.51. The van der Waals surface area contributed by atoms with Crippen LogP contribution in [0.25, 0.3) is 72.0 Å². The van der Waals surface area contributed by atoms with E-state index < -0.39 is 60.4 Å². The average molecular weight is 637 g/mol. The molecule has 0 radical (unpaired) electrons. The van der Waals surface area contributed by atoms with Crippen LogP contribution in [0.15, 0.2) is 174 Å². The predicted octanol–water partition coefficient (Wildman–Crippen LogP) is 12.2. The molecule has 0 spiro atoms. The van der Waals surface area contributed by atoms with Crippen LogP contribution in [-0.2, 0) is 0 Å². The van der Waals surface area contributed by atoms with Crippen LogP contribution in [0.5, 0.6) is 0 Å². The maximum atomic E-state index is 8.97. The highest BCUT2D eigenvalue weighted by molar-refractivity contribution is 9.10. The Labute approximate surface area is 279 Å². The zero-order valence-electron chi connectivity index (χ0n) is 33.2. The molecule has 0 saturated heterocycles. The summed E-state index contributed by atoms with van der Waals surface area (Å²) in [6, 6.07) is 30.5. The molecule has 0 bridgehead atoms. The molecular weight excluding hydrogens is 598 g/mol. The third-order valence-corrected chi connectivity index (χ3v) is 8.56. The van der Waals surface area contributed by atoms with Gasteiger partial charge in [-0.15, -0.1) is 0 Å². The van der Waals surface area contributed by atoms with E-state index in [4.69, 9.17) is 13.7 Å². The summed E-state index contributed by atoms with van der Waals surface area (Å²) >= 11 is 3.65. The number of fused-ring (bicyclic) bond motifs is 3. The van der Waals surface area contributed by atoms with Crippen molar-refractivity contribution in [3.05, 3.63) is 174 Å². The monoisotopic (exact) mass is 635 g/mol. The summed E-state index contributed by atoms with van der Waals surface area (Å²) in [5.41, 5.74) is 6.48. The van der Waals surface area contributed by atoms with Crippen LogP contribution in [0, 0.1) is 0 Å². The Morgan fingerprint density at radius 2 is 1.02 bits per heavy atom. The van der Waals surface area contributed by atoms with Crippen LogP contribution in [0.3, 0.4) is 0 Å². The second-order valence-electron chi connectivity index (χ2n) is 10.4. The molecule has 2 heteroatoms. The molecule has 0 fully saturated rings. The minimum absolute atomic E-state index is 0.0587. The van der Waals surface area contributed by atoms with E-state index in [1.807, 2.05) is 47.0 Å². The average Bonchev–Trinajstić information content (AvgIpc) is 3.52. The Morgan fingerprint density at radius 1 is 0.432 bits per heavy atom. The van der Waals surface area contributed by atoms with E-state index >= 15 is 0 Å². The van der Waals surface area contributed by atoms with E-state index in [0.717, 1.165) is 48.5 Å². The third-order valence-electron chi connectivity index (χ3n) is 7.87. The minimum Gasteiger partial charge on any atom is -0.309 e. The fraction of sp³-hybridized carbons (Fsp3) is 0. The van der Waals surface area contributed by atoms with Crippen molar-refractivity contribution in [2.45, 2.75) is 0 Å². The van der Waals surface area contributed by atoms with Gasteiger partial charge in [0.25, 0.3) is 0 Å². The molecule has 1 aromatic heterocycles. The van der Waals surface area contributed by atoms with Crippen molar-refractivity contribution in [3.8, 4) is 50.2 Å². The number of hydrogen-bond acceptors (Lipinski definition) is 0. The number of halogens is 1. The number of aromatic nitrogens is 1. The van der Waals surface area contributed by atoms with Gasteiger partial charge in [-0.05, 0) is 69.3 Å². The highest BCUT2D eigenvalue weighted by Gasteiger charge is 2.17. The van der Waals surface area contributed by atoms with Crippen molar-refractivity contribution in [1.82, 2.24) is 4.57 Å². The Morgan fingerprint density at radius 3 is 1.80 bits per heavy atom. The van der Waals surface area contributed by atoms with Gasteiger partial charge in [0.2, 0.25) is 0 Å². The Bertz CT molecular complexity index is 2790. The number of nitrogens with zero attached hydrogens (tertiary/aromatic N) is 1. The highest BCUT2D eigenvalue weighted by Crippen LogP contribution is 2.39. The maximum Gasteiger partial charge on any atom is 0.0629 e.